The Labute approximate surface area is 131 Å². The molecule has 0 unspecified atom stereocenters. The molecular formula is C17H23N3O2. The second kappa shape index (κ2) is 6.48. The number of hydrogen-bond donors (Lipinski definition) is 1. The van der Waals surface area contributed by atoms with Crippen LogP contribution in [0.15, 0.2) is 30.3 Å². The summed E-state index contributed by atoms with van der Waals surface area (Å²) in [5, 5.41) is 3.12. The highest BCUT2D eigenvalue weighted by Crippen LogP contribution is 2.18. The monoisotopic (exact) mass is 301 g/mol. The summed E-state index contributed by atoms with van der Waals surface area (Å²) in [5.41, 5.74) is 1.30. The molecule has 0 saturated carbocycles. The quantitative estimate of drug-likeness (QED) is 0.897. The van der Waals surface area contributed by atoms with Crippen molar-refractivity contribution in [3.63, 3.8) is 0 Å². The van der Waals surface area contributed by atoms with E-state index in [1.165, 1.54) is 5.56 Å². The zero-order chi connectivity index (χ0) is 15.5. The molecule has 0 aliphatic carbocycles. The molecule has 1 aromatic carbocycles. The minimum atomic E-state index is -0.180. The van der Waals surface area contributed by atoms with Crippen molar-refractivity contribution >= 4 is 11.8 Å². The zero-order valence-electron chi connectivity index (χ0n) is 13.0. The lowest BCUT2D eigenvalue weighted by Gasteiger charge is -2.18. The van der Waals surface area contributed by atoms with E-state index >= 15 is 0 Å². The van der Waals surface area contributed by atoms with Crippen LogP contribution < -0.4 is 5.32 Å². The number of rotatable bonds is 4. The maximum Gasteiger partial charge on any atom is 0.225 e. The Morgan fingerprint density at radius 3 is 2.73 bits per heavy atom. The Hall–Kier alpha value is -1.88. The first kappa shape index (κ1) is 15.0. The fourth-order valence-corrected chi connectivity index (χ4v) is 3.29. The molecule has 1 N–H and O–H groups in total. The van der Waals surface area contributed by atoms with Crippen LogP contribution in [0.25, 0.3) is 0 Å². The number of amides is 2. The first-order chi connectivity index (χ1) is 10.6. The highest BCUT2D eigenvalue weighted by molar-refractivity contribution is 5.89. The highest BCUT2D eigenvalue weighted by atomic mass is 16.2. The fourth-order valence-electron chi connectivity index (χ4n) is 3.29. The summed E-state index contributed by atoms with van der Waals surface area (Å²) in [4.78, 5) is 27.8. The van der Waals surface area contributed by atoms with Gasteiger partial charge in [0.15, 0.2) is 0 Å². The van der Waals surface area contributed by atoms with E-state index in [-0.39, 0.29) is 23.8 Å². The molecule has 1 aromatic rings. The van der Waals surface area contributed by atoms with Crippen LogP contribution in [0.3, 0.4) is 0 Å². The van der Waals surface area contributed by atoms with E-state index in [1.807, 2.05) is 6.07 Å². The Morgan fingerprint density at radius 2 is 2.05 bits per heavy atom. The number of hydrogen-bond acceptors (Lipinski definition) is 3. The van der Waals surface area contributed by atoms with E-state index in [1.54, 1.807) is 11.9 Å². The highest BCUT2D eigenvalue weighted by Gasteiger charge is 2.34. The number of nitrogens with zero attached hydrogens (tertiary/aromatic N) is 2. The molecule has 0 bridgehead atoms. The van der Waals surface area contributed by atoms with Crippen molar-refractivity contribution in [3.05, 3.63) is 35.9 Å². The van der Waals surface area contributed by atoms with Gasteiger partial charge in [0.25, 0.3) is 0 Å². The largest absolute Gasteiger partial charge is 0.352 e. The van der Waals surface area contributed by atoms with E-state index in [0.717, 1.165) is 26.1 Å². The number of nitrogens with one attached hydrogen (secondary N) is 1. The maximum absolute atomic E-state index is 12.2. The molecule has 5 nitrogen and oxygen atoms in total. The second-order valence-electron chi connectivity index (χ2n) is 6.39. The first-order valence-electron chi connectivity index (χ1n) is 7.92. The predicted molar refractivity (Wildman–Crippen MR) is 84.0 cm³/mol. The molecular weight excluding hydrogens is 278 g/mol. The molecule has 118 valence electrons. The van der Waals surface area contributed by atoms with Gasteiger partial charge in [0, 0.05) is 45.7 Å². The molecule has 5 heteroatoms. The van der Waals surface area contributed by atoms with Crippen LogP contribution in [0.5, 0.6) is 0 Å². The summed E-state index contributed by atoms with van der Waals surface area (Å²) >= 11 is 0. The van der Waals surface area contributed by atoms with Gasteiger partial charge in [-0.1, -0.05) is 30.3 Å². The van der Waals surface area contributed by atoms with Crippen LogP contribution in [0.2, 0.25) is 0 Å². The summed E-state index contributed by atoms with van der Waals surface area (Å²) < 4.78 is 0. The van der Waals surface area contributed by atoms with Crippen molar-refractivity contribution in [1.29, 1.82) is 0 Å². The van der Waals surface area contributed by atoms with Crippen molar-refractivity contribution in [2.24, 2.45) is 5.92 Å². The third-order valence-corrected chi connectivity index (χ3v) is 4.58. The van der Waals surface area contributed by atoms with E-state index in [9.17, 15) is 9.59 Å². The third kappa shape index (κ3) is 3.47. The Kier molecular flexibility index (Phi) is 4.43. The third-order valence-electron chi connectivity index (χ3n) is 4.58. The lowest BCUT2D eigenvalue weighted by molar-refractivity contribution is -0.128. The fraction of sp³-hybridized carbons (Fsp3) is 0.529. The first-order valence-corrected chi connectivity index (χ1v) is 7.92. The zero-order valence-corrected chi connectivity index (χ0v) is 13.0. The van der Waals surface area contributed by atoms with Gasteiger partial charge in [-0.3, -0.25) is 14.5 Å². The van der Waals surface area contributed by atoms with Gasteiger partial charge in [-0.2, -0.15) is 0 Å². The van der Waals surface area contributed by atoms with Crippen molar-refractivity contribution in [1.82, 2.24) is 15.1 Å². The van der Waals surface area contributed by atoms with E-state index in [0.29, 0.717) is 13.0 Å². The van der Waals surface area contributed by atoms with Gasteiger partial charge >= 0.3 is 0 Å². The summed E-state index contributed by atoms with van der Waals surface area (Å²) in [6.07, 6.45) is 1.33. The topological polar surface area (TPSA) is 52.7 Å². The van der Waals surface area contributed by atoms with E-state index in [2.05, 4.69) is 34.5 Å². The van der Waals surface area contributed by atoms with Gasteiger partial charge < -0.3 is 10.2 Å². The molecule has 2 fully saturated rings. The number of carbonyl (C=O) groups excluding carboxylic acids is 2. The molecule has 2 saturated heterocycles. The minimum absolute atomic E-state index is 0.0317. The van der Waals surface area contributed by atoms with Crippen LogP contribution >= 0.6 is 0 Å². The molecule has 0 radical (unpaired) electrons. The van der Waals surface area contributed by atoms with Crippen LogP contribution in [0.1, 0.15) is 18.4 Å². The lowest BCUT2D eigenvalue weighted by atomic mass is 10.1. The maximum atomic E-state index is 12.2. The van der Waals surface area contributed by atoms with Gasteiger partial charge in [-0.15, -0.1) is 0 Å². The normalized spacial score (nSPS) is 25.7. The molecule has 0 aromatic heterocycles. The van der Waals surface area contributed by atoms with Gasteiger partial charge in [0.1, 0.15) is 0 Å². The molecule has 2 heterocycles. The molecule has 3 rings (SSSR count). The standard InChI is InChI=1S/C17H23N3O2/c1-19-11-14(9-16(19)21)17(22)18-15-7-8-20(12-15)10-13-5-3-2-4-6-13/h2-6,14-15H,7-12H2,1H3,(H,18,22)/t14-,15-/m0/s1. The van der Waals surface area contributed by atoms with E-state index < -0.39 is 0 Å². The second-order valence-corrected chi connectivity index (χ2v) is 6.39. The van der Waals surface area contributed by atoms with Crippen molar-refractivity contribution in [2.45, 2.75) is 25.4 Å². The summed E-state index contributed by atoms with van der Waals surface area (Å²) in [7, 11) is 1.76. The summed E-state index contributed by atoms with van der Waals surface area (Å²) in [5.74, 6) is -0.0813. The van der Waals surface area contributed by atoms with Crippen LogP contribution in [-0.4, -0.2) is 54.3 Å². The van der Waals surface area contributed by atoms with Crippen molar-refractivity contribution in [2.75, 3.05) is 26.7 Å². The molecule has 2 aliphatic heterocycles. The van der Waals surface area contributed by atoms with Crippen LogP contribution in [0.4, 0.5) is 0 Å². The van der Waals surface area contributed by atoms with Gasteiger partial charge in [0.05, 0.1) is 5.92 Å². The number of carbonyl (C=O) groups is 2. The summed E-state index contributed by atoms with van der Waals surface area (Å²) in [6, 6.07) is 10.6. The number of likely N-dealkylation sites (tertiary alicyclic amines) is 2. The predicted octanol–water partition coefficient (Wildman–Crippen LogP) is 0.855. The Balaban J connectivity index is 1.47. The minimum Gasteiger partial charge on any atom is -0.352 e. The average molecular weight is 301 g/mol. The molecule has 22 heavy (non-hydrogen) atoms. The average Bonchev–Trinajstić information content (AvgIpc) is 3.07. The summed E-state index contributed by atoms with van der Waals surface area (Å²) in [6.45, 7) is 3.36. The molecule has 2 amide bonds. The molecule has 2 aliphatic rings. The number of benzene rings is 1. The van der Waals surface area contributed by atoms with Crippen molar-refractivity contribution < 1.29 is 9.59 Å². The van der Waals surface area contributed by atoms with Crippen LogP contribution in [-0.2, 0) is 16.1 Å². The Bertz CT molecular complexity index is 546. The van der Waals surface area contributed by atoms with Gasteiger partial charge in [-0.25, -0.2) is 0 Å². The Morgan fingerprint density at radius 1 is 1.27 bits per heavy atom. The van der Waals surface area contributed by atoms with Gasteiger partial charge in [-0.05, 0) is 12.0 Å². The SMILES string of the molecule is CN1C[C@@H](C(=O)N[C@H]2CCN(Cc3ccccc3)C2)CC1=O. The molecule has 0 spiro atoms. The van der Waals surface area contributed by atoms with Crippen LogP contribution in [0, 0.1) is 5.92 Å². The lowest BCUT2D eigenvalue weighted by Crippen LogP contribution is -2.41. The smallest absolute Gasteiger partial charge is 0.225 e. The van der Waals surface area contributed by atoms with E-state index in [4.69, 9.17) is 0 Å². The van der Waals surface area contributed by atoms with Gasteiger partial charge in [0.2, 0.25) is 11.8 Å². The van der Waals surface area contributed by atoms with Crippen molar-refractivity contribution in [3.8, 4) is 0 Å². The molecule has 2 atom stereocenters.